The molecule has 3 nitrogen and oxygen atoms in total. The molecule has 0 amide bonds. The monoisotopic (exact) mass is 277 g/mol. The van der Waals surface area contributed by atoms with E-state index >= 15 is 0 Å². The van der Waals surface area contributed by atoms with Gasteiger partial charge in [0.2, 0.25) is 0 Å². The molecule has 0 saturated carbocycles. The second-order valence-corrected chi connectivity index (χ2v) is 6.34. The molecule has 1 aromatic heterocycles. The first-order chi connectivity index (χ1) is 9.26. The second-order valence-electron chi connectivity index (χ2n) is 5.09. The number of hydrogen-bond donors (Lipinski definition) is 0. The minimum Gasteiger partial charge on any atom is -0.296 e. The molecule has 0 aromatic carbocycles. The van der Waals surface area contributed by atoms with Crippen molar-refractivity contribution in [3.63, 3.8) is 0 Å². The fourth-order valence-electron chi connectivity index (χ4n) is 2.58. The summed E-state index contributed by atoms with van der Waals surface area (Å²) in [4.78, 5) is 7.77. The van der Waals surface area contributed by atoms with Gasteiger partial charge in [0.1, 0.15) is 0 Å². The maximum atomic E-state index is 9.11. The molecule has 1 saturated heterocycles. The van der Waals surface area contributed by atoms with Crippen LogP contribution in [0.4, 0.5) is 0 Å². The fraction of sp³-hybridized carbons (Fsp3) is 0.667. The van der Waals surface area contributed by atoms with Crippen molar-refractivity contribution >= 4 is 11.3 Å². The highest BCUT2D eigenvalue weighted by atomic mass is 32.1. The van der Waals surface area contributed by atoms with Gasteiger partial charge in [0.25, 0.3) is 0 Å². The van der Waals surface area contributed by atoms with Crippen LogP contribution in [0.3, 0.4) is 0 Å². The Labute approximate surface area is 120 Å². The molecule has 0 radical (unpaired) electrons. The van der Waals surface area contributed by atoms with E-state index in [0.717, 1.165) is 45.6 Å². The Morgan fingerprint density at radius 2 is 1.89 bits per heavy atom. The third-order valence-electron chi connectivity index (χ3n) is 3.83. The van der Waals surface area contributed by atoms with Crippen LogP contribution in [0.15, 0.2) is 12.1 Å². The van der Waals surface area contributed by atoms with Gasteiger partial charge < -0.3 is 0 Å². The highest BCUT2D eigenvalue weighted by Gasteiger charge is 2.22. The molecule has 1 unspecified atom stereocenters. The number of hydrogen-bond acceptors (Lipinski definition) is 4. The second kappa shape index (κ2) is 7.04. The van der Waals surface area contributed by atoms with E-state index in [4.69, 9.17) is 5.26 Å². The number of rotatable bonds is 5. The fourth-order valence-corrected chi connectivity index (χ4v) is 3.58. The van der Waals surface area contributed by atoms with Crippen LogP contribution in [-0.4, -0.2) is 42.0 Å². The summed E-state index contributed by atoms with van der Waals surface area (Å²) in [7, 11) is 0. The summed E-state index contributed by atoms with van der Waals surface area (Å²) in [5.74, 6) is 0. The highest BCUT2D eigenvalue weighted by molar-refractivity contribution is 7.11. The molecule has 4 heteroatoms. The van der Waals surface area contributed by atoms with Crippen LogP contribution in [-0.2, 0) is 13.0 Å². The largest absolute Gasteiger partial charge is 0.296 e. The molecule has 1 aliphatic rings. The van der Waals surface area contributed by atoms with Gasteiger partial charge in [-0.2, -0.15) is 5.26 Å². The lowest BCUT2D eigenvalue weighted by atomic mass is 10.2. The average Bonchev–Trinajstić information content (AvgIpc) is 2.90. The number of nitriles is 1. The topological polar surface area (TPSA) is 30.3 Å². The Morgan fingerprint density at radius 1 is 1.21 bits per heavy atom. The van der Waals surface area contributed by atoms with Crippen LogP contribution < -0.4 is 0 Å². The Kier molecular flexibility index (Phi) is 5.38. The van der Waals surface area contributed by atoms with Crippen molar-refractivity contribution < 1.29 is 0 Å². The van der Waals surface area contributed by atoms with Crippen LogP contribution in [0.2, 0.25) is 0 Å². The SMILES string of the molecule is CCc1ccc(CN2CCN(C(C#N)CC)CC2)s1. The van der Waals surface area contributed by atoms with Crippen molar-refractivity contribution in [3.8, 4) is 6.07 Å². The van der Waals surface area contributed by atoms with Gasteiger partial charge in [-0.05, 0) is 25.0 Å². The van der Waals surface area contributed by atoms with E-state index in [9.17, 15) is 0 Å². The van der Waals surface area contributed by atoms with Crippen molar-refractivity contribution in [1.29, 1.82) is 5.26 Å². The van der Waals surface area contributed by atoms with Crippen molar-refractivity contribution in [2.45, 2.75) is 39.3 Å². The standard InChI is InChI=1S/C15H23N3S/c1-3-13(11-16)18-9-7-17(8-10-18)12-15-6-5-14(4-2)19-15/h5-6,13H,3-4,7-10,12H2,1-2H3. The van der Waals surface area contributed by atoms with E-state index in [-0.39, 0.29) is 6.04 Å². The molecule has 0 spiro atoms. The first-order valence-corrected chi connectivity index (χ1v) is 8.02. The smallest absolute Gasteiger partial charge is 0.0976 e. The van der Waals surface area contributed by atoms with Gasteiger partial charge in [-0.3, -0.25) is 9.80 Å². The summed E-state index contributed by atoms with van der Waals surface area (Å²) in [5.41, 5.74) is 0. The van der Waals surface area contributed by atoms with Crippen molar-refractivity contribution in [2.24, 2.45) is 0 Å². The minimum absolute atomic E-state index is 0.107. The van der Waals surface area contributed by atoms with Gasteiger partial charge in [-0.1, -0.05) is 13.8 Å². The van der Waals surface area contributed by atoms with Gasteiger partial charge in [0.15, 0.2) is 0 Å². The van der Waals surface area contributed by atoms with Gasteiger partial charge in [0.05, 0.1) is 12.1 Å². The van der Waals surface area contributed by atoms with E-state index in [0.29, 0.717) is 0 Å². The van der Waals surface area contributed by atoms with Gasteiger partial charge in [-0.15, -0.1) is 11.3 Å². The van der Waals surface area contributed by atoms with Crippen LogP contribution in [0, 0.1) is 11.3 Å². The van der Waals surface area contributed by atoms with Gasteiger partial charge in [0, 0.05) is 42.5 Å². The molecule has 0 bridgehead atoms. The third-order valence-corrected chi connectivity index (χ3v) is 5.04. The molecular weight excluding hydrogens is 254 g/mol. The first kappa shape index (κ1) is 14.5. The van der Waals surface area contributed by atoms with E-state index < -0.39 is 0 Å². The minimum atomic E-state index is 0.107. The van der Waals surface area contributed by atoms with Crippen molar-refractivity contribution in [1.82, 2.24) is 9.80 Å². The molecule has 1 aliphatic heterocycles. The zero-order valence-electron chi connectivity index (χ0n) is 11.9. The van der Waals surface area contributed by atoms with E-state index in [2.05, 4.69) is 41.8 Å². The Hall–Kier alpha value is -0.890. The van der Waals surface area contributed by atoms with E-state index in [1.165, 1.54) is 9.75 Å². The summed E-state index contributed by atoms with van der Waals surface area (Å²) < 4.78 is 0. The lowest BCUT2D eigenvalue weighted by Gasteiger charge is -2.36. The quantitative estimate of drug-likeness (QED) is 0.829. The van der Waals surface area contributed by atoms with Crippen LogP contribution in [0.5, 0.6) is 0 Å². The summed E-state index contributed by atoms with van der Waals surface area (Å²) in [6, 6.07) is 7.03. The van der Waals surface area contributed by atoms with Crippen LogP contribution in [0.25, 0.3) is 0 Å². The summed E-state index contributed by atoms with van der Waals surface area (Å²) in [6.07, 6.45) is 2.07. The Bertz CT molecular complexity index is 427. The predicted molar refractivity (Wildman–Crippen MR) is 80.2 cm³/mol. The van der Waals surface area contributed by atoms with Gasteiger partial charge >= 0.3 is 0 Å². The maximum absolute atomic E-state index is 9.11. The van der Waals surface area contributed by atoms with Crippen molar-refractivity contribution in [2.75, 3.05) is 26.2 Å². The van der Waals surface area contributed by atoms with Gasteiger partial charge in [-0.25, -0.2) is 0 Å². The van der Waals surface area contributed by atoms with E-state index in [1.807, 2.05) is 11.3 Å². The lowest BCUT2D eigenvalue weighted by molar-refractivity contribution is 0.109. The summed E-state index contributed by atoms with van der Waals surface area (Å²) in [6.45, 7) is 9.59. The number of nitrogens with zero attached hydrogens (tertiary/aromatic N) is 3. The molecule has 0 N–H and O–H groups in total. The zero-order chi connectivity index (χ0) is 13.7. The molecule has 2 heterocycles. The highest BCUT2D eigenvalue weighted by Crippen LogP contribution is 2.19. The molecular formula is C15H23N3S. The third kappa shape index (κ3) is 3.79. The summed E-state index contributed by atoms with van der Waals surface area (Å²) in [5, 5.41) is 9.11. The normalized spacial score (nSPS) is 19.2. The lowest BCUT2D eigenvalue weighted by Crippen LogP contribution is -2.49. The molecule has 1 aromatic rings. The van der Waals surface area contributed by atoms with E-state index in [1.54, 1.807) is 0 Å². The zero-order valence-corrected chi connectivity index (χ0v) is 12.7. The number of thiophene rings is 1. The number of aryl methyl sites for hydroxylation is 1. The molecule has 0 aliphatic carbocycles. The molecule has 104 valence electrons. The molecule has 1 atom stereocenters. The summed E-state index contributed by atoms with van der Waals surface area (Å²) >= 11 is 1.94. The first-order valence-electron chi connectivity index (χ1n) is 7.20. The van der Waals surface area contributed by atoms with Crippen molar-refractivity contribution in [3.05, 3.63) is 21.9 Å². The molecule has 19 heavy (non-hydrogen) atoms. The Balaban J connectivity index is 1.82. The number of piperazine rings is 1. The molecule has 2 rings (SSSR count). The molecule has 1 fully saturated rings. The maximum Gasteiger partial charge on any atom is 0.0976 e. The van der Waals surface area contributed by atoms with Crippen LogP contribution >= 0.6 is 11.3 Å². The Morgan fingerprint density at radius 3 is 2.42 bits per heavy atom. The van der Waals surface area contributed by atoms with Crippen LogP contribution in [0.1, 0.15) is 30.0 Å². The predicted octanol–water partition coefficient (Wildman–Crippen LogP) is 2.73. The average molecular weight is 277 g/mol.